The minimum absolute atomic E-state index is 0.987. The van der Waals surface area contributed by atoms with Gasteiger partial charge in [-0.3, -0.25) is 0 Å². The van der Waals surface area contributed by atoms with Crippen LogP contribution in [0.1, 0.15) is 5.56 Å². The van der Waals surface area contributed by atoms with Crippen LogP contribution >= 0.6 is 22.7 Å². The van der Waals surface area contributed by atoms with Gasteiger partial charge < -0.3 is 4.74 Å². The molecule has 0 spiro atoms. The molecule has 0 N–H and O–H groups in total. The molecule has 4 heterocycles. The van der Waals surface area contributed by atoms with Gasteiger partial charge in [0.2, 0.25) is 4.83 Å². The average molecular weight is 384 g/mol. The van der Waals surface area contributed by atoms with Gasteiger partial charge in [-0.25, -0.2) is 4.57 Å². The Labute approximate surface area is 155 Å². The largest absolute Gasteiger partial charge is 0.455 e. The maximum atomic E-state index is 6.56. The summed E-state index contributed by atoms with van der Waals surface area (Å²) in [5.41, 5.74) is 3.75. The van der Waals surface area contributed by atoms with Gasteiger partial charge in [0.1, 0.15) is 11.1 Å². The molecule has 0 saturated heterocycles. The molecular formula is C19H19N2OS2Si+. The third kappa shape index (κ3) is 2.01. The summed E-state index contributed by atoms with van der Waals surface area (Å²) in [6, 6.07) is 4.42. The number of hydrogen-bond donors (Lipinski definition) is 0. The highest BCUT2D eigenvalue weighted by molar-refractivity contribution is 7.31. The number of hydrogen-bond acceptors (Lipinski definition) is 4. The fourth-order valence-corrected chi connectivity index (χ4v) is 7.77. The van der Waals surface area contributed by atoms with Gasteiger partial charge >= 0.3 is 0 Å². The molecule has 1 aromatic carbocycles. The summed E-state index contributed by atoms with van der Waals surface area (Å²) in [5.74, 6) is 2.04. The molecule has 1 aliphatic rings. The van der Waals surface area contributed by atoms with E-state index in [-0.39, 0.29) is 0 Å². The summed E-state index contributed by atoms with van der Waals surface area (Å²) in [5, 5.41) is 4.67. The Bertz CT molecular complexity index is 1180. The Morgan fingerprint density at radius 2 is 2.04 bits per heavy atom. The first kappa shape index (κ1) is 15.5. The van der Waals surface area contributed by atoms with E-state index >= 15 is 0 Å². The lowest BCUT2D eigenvalue weighted by atomic mass is 9.97. The molecule has 0 amide bonds. The molecule has 6 heteroatoms. The van der Waals surface area contributed by atoms with Gasteiger partial charge in [-0.15, -0.1) is 11.3 Å². The molecule has 3 nitrogen and oxygen atoms in total. The van der Waals surface area contributed by atoms with Crippen molar-refractivity contribution in [3.8, 4) is 22.8 Å². The Morgan fingerprint density at radius 3 is 2.80 bits per heavy atom. The highest BCUT2D eigenvalue weighted by atomic mass is 32.1. The van der Waals surface area contributed by atoms with Crippen LogP contribution in [0.15, 0.2) is 23.8 Å². The molecule has 5 rings (SSSR count). The minimum Gasteiger partial charge on any atom is -0.455 e. The molecule has 0 unspecified atom stereocenters. The fraction of sp³-hybridized carbons (Fsp3) is 0.263. The molecule has 0 saturated carbocycles. The lowest BCUT2D eigenvalue weighted by molar-refractivity contribution is -0.662. The zero-order chi connectivity index (χ0) is 17.5. The Hall–Kier alpha value is -1.76. The van der Waals surface area contributed by atoms with Crippen LogP contribution in [-0.2, 0) is 7.05 Å². The highest BCUT2D eigenvalue weighted by Gasteiger charge is 2.36. The second kappa shape index (κ2) is 4.90. The van der Waals surface area contributed by atoms with Gasteiger partial charge in [0.05, 0.1) is 20.7 Å². The number of ether oxygens (including phenoxy) is 1. The second-order valence-corrected chi connectivity index (χ2v) is 15.0. The van der Waals surface area contributed by atoms with Crippen molar-refractivity contribution in [3.05, 3.63) is 29.4 Å². The second-order valence-electron chi connectivity index (χ2n) is 7.70. The topological polar surface area (TPSA) is 26.0 Å². The van der Waals surface area contributed by atoms with E-state index in [2.05, 4.69) is 55.7 Å². The maximum absolute atomic E-state index is 6.56. The molecule has 25 heavy (non-hydrogen) atoms. The van der Waals surface area contributed by atoms with Crippen LogP contribution in [0.25, 0.3) is 31.6 Å². The number of thiophene rings is 2. The third-order valence-electron chi connectivity index (χ3n) is 4.90. The summed E-state index contributed by atoms with van der Waals surface area (Å²) < 4.78 is 11.4. The SMILES string of the molecule is Cc1c2c(cc3sccc13)Oc1c([Si](C)(C)C)sc3nc[n+](C)c-2c13. The van der Waals surface area contributed by atoms with Crippen molar-refractivity contribution in [3.63, 3.8) is 0 Å². The van der Waals surface area contributed by atoms with E-state index in [4.69, 9.17) is 9.72 Å². The van der Waals surface area contributed by atoms with Crippen molar-refractivity contribution in [2.24, 2.45) is 7.05 Å². The molecule has 1 aliphatic heterocycles. The van der Waals surface area contributed by atoms with E-state index in [0.29, 0.717) is 0 Å². The van der Waals surface area contributed by atoms with Crippen LogP contribution in [0.4, 0.5) is 0 Å². The van der Waals surface area contributed by atoms with Crippen LogP contribution in [0.2, 0.25) is 19.6 Å². The van der Waals surface area contributed by atoms with E-state index in [1.807, 2.05) is 17.7 Å². The van der Waals surface area contributed by atoms with Crippen LogP contribution < -0.4 is 13.8 Å². The normalized spacial score (nSPS) is 13.3. The van der Waals surface area contributed by atoms with Crippen molar-refractivity contribution >= 4 is 55.6 Å². The number of benzene rings is 1. The first-order chi connectivity index (χ1) is 11.9. The predicted octanol–water partition coefficient (Wildman–Crippen LogP) is 4.96. The lowest BCUT2D eigenvalue weighted by Gasteiger charge is -2.22. The Balaban J connectivity index is 1.98. The quantitative estimate of drug-likeness (QED) is 0.302. The van der Waals surface area contributed by atoms with Crippen molar-refractivity contribution in [2.75, 3.05) is 0 Å². The summed E-state index contributed by atoms with van der Waals surface area (Å²) in [4.78, 5) is 5.79. The van der Waals surface area contributed by atoms with E-state index in [1.165, 1.54) is 36.8 Å². The lowest BCUT2D eigenvalue weighted by Crippen LogP contribution is -2.36. The molecule has 0 aliphatic carbocycles. The van der Waals surface area contributed by atoms with Gasteiger partial charge in [-0.05, 0) is 40.4 Å². The Morgan fingerprint density at radius 1 is 1.24 bits per heavy atom. The van der Waals surface area contributed by atoms with Crippen molar-refractivity contribution < 1.29 is 9.30 Å². The summed E-state index contributed by atoms with van der Waals surface area (Å²) >= 11 is 3.59. The molecule has 0 radical (unpaired) electrons. The zero-order valence-electron chi connectivity index (χ0n) is 14.9. The number of aromatic nitrogens is 2. The number of aryl methyl sites for hydroxylation is 2. The first-order valence-electron chi connectivity index (χ1n) is 8.37. The van der Waals surface area contributed by atoms with Crippen molar-refractivity contribution in [1.82, 2.24) is 4.98 Å². The van der Waals surface area contributed by atoms with Crippen molar-refractivity contribution in [2.45, 2.75) is 26.6 Å². The monoisotopic (exact) mass is 383 g/mol. The molecule has 3 aromatic heterocycles. The third-order valence-corrected chi connectivity index (χ3v) is 10.4. The highest BCUT2D eigenvalue weighted by Crippen LogP contribution is 2.50. The van der Waals surface area contributed by atoms with Crippen LogP contribution in [0, 0.1) is 6.92 Å². The fourth-order valence-electron chi connectivity index (χ4n) is 3.71. The molecule has 0 fully saturated rings. The van der Waals surface area contributed by atoms with Crippen LogP contribution in [0.3, 0.4) is 0 Å². The van der Waals surface area contributed by atoms with E-state index in [1.54, 1.807) is 11.3 Å². The molecule has 0 bridgehead atoms. The van der Waals surface area contributed by atoms with E-state index in [9.17, 15) is 0 Å². The summed E-state index contributed by atoms with van der Waals surface area (Å²) in [6.07, 6.45) is 1.94. The van der Waals surface area contributed by atoms with Gasteiger partial charge in [0, 0.05) is 9.20 Å². The molecule has 126 valence electrons. The Kier molecular flexibility index (Phi) is 3.04. The zero-order valence-corrected chi connectivity index (χ0v) is 17.6. The number of rotatable bonds is 1. The minimum atomic E-state index is -1.52. The molecule has 0 atom stereocenters. The van der Waals surface area contributed by atoms with Crippen LogP contribution in [0.5, 0.6) is 11.5 Å². The van der Waals surface area contributed by atoms with Crippen molar-refractivity contribution in [1.29, 1.82) is 0 Å². The van der Waals surface area contributed by atoms with Gasteiger partial charge in [-0.1, -0.05) is 31.0 Å². The van der Waals surface area contributed by atoms with E-state index in [0.717, 1.165) is 16.3 Å². The molecular weight excluding hydrogens is 364 g/mol. The van der Waals surface area contributed by atoms with Gasteiger partial charge in [-0.2, -0.15) is 0 Å². The maximum Gasteiger partial charge on any atom is 0.288 e. The van der Waals surface area contributed by atoms with E-state index < -0.39 is 8.07 Å². The number of fused-ring (bicyclic) bond motifs is 3. The summed E-state index contributed by atoms with van der Waals surface area (Å²) in [7, 11) is 0.570. The van der Waals surface area contributed by atoms with Gasteiger partial charge in [0.15, 0.2) is 11.4 Å². The molecule has 4 aromatic rings. The standard InChI is InChI=1S/C19H19N2OS2Si/c1-10-11-6-7-23-13(11)8-12-14(10)16-15-17(22-12)19(25(3,4)5)24-18(15)20-9-21(16)2/h6-9H,1-5H3/q+1. The van der Waals surface area contributed by atoms with Gasteiger partial charge in [0.25, 0.3) is 6.33 Å². The predicted molar refractivity (Wildman–Crippen MR) is 109 cm³/mol. The summed E-state index contributed by atoms with van der Waals surface area (Å²) in [6.45, 7) is 9.34. The average Bonchev–Trinajstić information content (AvgIpc) is 3.15. The van der Waals surface area contributed by atoms with Crippen LogP contribution in [-0.4, -0.2) is 13.1 Å². The number of nitrogens with zero attached hydrogens (tertiary/aromatic N) is 2. The smallest absolute Gasteiger partial charge is 0.288 e. The first-order valence-corrected chi connectivity index (χ1v) is 13.6.